The van der Waals surface area contributed by atoms with E-state index >= 15 is 0 Å². The number of nitrogens with one attached hydrogen (secondary N) is 1. The molecule has 1 fully saturated rings. The van der Waals surface area contributed by atoms with E-state index in [2.05, 4.69) is 55.5 Å². The number of aromatic nitrogens is 6. The van der Waals surface area contributed by atoms with Gasteiger partial charge in [-0.2, -0.15) is 10.2 Å². The van der Waals surface area contributed by atoms with E-state index in [1.807, 2.05) is 35.0 Å². The number of nitrogens with two attached hydrogens (primary N) is 1. The van der Waals surface area contributed by atoms with Gasteiger partial charge in [-0.1, -0.05) is 35.6 Å². The summed E-state index contributed by atoms with van der Waals surface area (Å²) in [5.41, 5.74) is 12.0. The Balaban J connectivity index is 1.34. The van der Waals surface area contributed by atoms with Crippen LogP contribution in [0.2, 0.25) is 0 Å². The first-order valence-corrected chi connectivity index (χ1v) is 14.2. The highest BCUT2D eigenvalue weighted by atomic mass is 32.1. The normalized spacial score (nSPS) is 14.3. The van der Waals surface area contributed by atoms with Gasteiger partial charge in [-0.05, 0) is 31.3 Å². The van der Waals surface area contributed by atoms with Crippen LogP contribution in [0.15, 0.2) is 54.7 Å². The maximum atomic E-state index is 11.5. The molecule has 1 saturated heterocycles. The summed E-state index contributed by atoms with van der Waals surface area (Å²) in [6.45, 7) is 5.71. The molecule has 1 amide bonds. The molecule has 1 aliphatic heterocycles. The molecule has 1 aliphatic rings. The number of fused-ring (bicyclic) bond motifs is 3. The number of anilines is 3. The standard InChI is InChI=1S/C29H28N10OS/c1-17(40)32-29-34-23-8-7-19(14-24(23)41-29)26-25-21(30)15-31-35-28(25)39(36-26)16-20-13-18-5-3-4-6-22(18)33-27(20)38-11-9-37(2)10-12-38/h3-8,13-15H,9-12,16H2,1-2H3,(H2,30,35)(H,32,34,40). The number of para-hydroxylation sites is 1. The number of likely N-dealkylation sites (N-methyl/N-ethyl adjacent to an activating group) is 1. The van der Waals surface area contributed by atoms with Gasteiger partial charge < -0.3 is 20.9 Å². The predicted octanol–water partition coefficient (Wildman–Crippen LogP) is 3.99. The maximum Gasteiger partial charge on any atom is 0.223 e. The third-order valence-electron chi connectivity index (χ3n) is 7.41. The van der Waals surface area contributed by atoms with Gasteiger partial charge in [0.15, 0.2) is 10.8 Å². The van der Waals surface area contributed by atoms with Gasteiger partial charge in [0.05, 0.1) is 39.5 Å². The van der Waals surface area contributed by atoms with Crippen molar-refractivity contribution in [2.45, 2.75) is 13.5 Å². The number of amides is 1. The van der Waals surface area contributed by atoms with Crippen molar-refractivity contribution in [3.63, 3.8) is 0 Å². The number of hydrogen-bond donors (Lipinski definition) is 2. The maximum absolute atomic E-state index is 11.5. The molecule has 2 aromatic carbocycles. The third-order valence-corrected chi connectivity index (χ3v) is 8.34. The summed E-state index contributed by atoms with van der Waals surface area (Å²) in [6.07, 6.45) is 1.56. The lowest BCUT2D eigenvalue weighted by Gasteiger charge is -2.34. The van der Waals surface area contributed by atoms with Gasteiger partial charge in [0.1, 0.15) is 11.5 Å². The molecule has 7 rings (SSSR count). The van der Waals surface area contributed by atoms with E-state index in [-0.39, 0.29) is 5.91 Å². The minimum atomic E-state index is -0.153. The summed E-state index contributed by atoms with van der Waals surface area (Å²) in [5.74, 6) is 0.815. The zero-order valence-corrected chi connectivity index (χ0v) is 23.5. The van der Waals surface area contributed by atoms with Gasteiger partial charge in [-0.15, -0.1) is 5.10 Å². The SMILES string of the molecule is CC(=O)Nc1nc2ccc(-c3nn(Cc4cc5ccccc5nc4N4CCN(C)CC4)c4nncc(N)c34)cc2s1. The molecule has 12 heteroatoms. The Morgan fingerprint density at radius 3 is 2.71 bits per heavy atom. The Kier molecular flexibility index (Phi) is 6.20. The van der Waals surface area contributed by atoms with Crippen LogP contribution >= 0.6 is 11.3 Å². The number of carbonyl (C=O) groups is 1. The van der Waals surface area contributed by atoms with Crippen molar-refractivity contribution in [3.8, 4) is 11.3 Å². The van der Waals surface area contributed by atoms with Gasteiger partial charge >= 0.3 is 0 Å². The molecule has 0 saturated carbocycles. The van der Waals surface area contributed by atoms with E-state index in [0.717, 1.165) is 75.3 Å². The van der Waals surface area contributed by atoms with Crippen molar-refractivity contribution in [2.24, 2.45) is 0 Å². The number of rotatable bonds is 5. The van der Waals surface area contributed by atoms with Crippen LogP contribution in [0.1, 0.15) is 12.5 Å². The number of hydrogen-bond acceptors (Lipinski definition) is 10. The fourth-order valence-corrected chi connectivity index (χ4v) is 6.29. The highest BCUT2D eigenvalue weighted by Gasteiger charge is 2.22. The number of pyridine rings is 1. The molecule has 206 valence electrons. The van der Waals surface area contributed by atoms with Crippen LogP contribution in [0.5, 0.6) is 0 Å². The lowest BCUT2D eigenvalue weighted by molar-refractivity contribution is -0.114. The first-order chi connectivity index (χ1) is 19.9. The minimum Gasteiger partial charge on any atom is -0.397 e. The van der Waals surface area contributed by atoms with Gasteiger partial charge in [-0.25, -0.2) is 14.6 Å². The van der Waals surface area contributed by atoms with Crippen molar-refractivity contribution in [3.05, 3.63) is 60.3 Å². The average Bonchev–Trinajstić information content (AvgIpc) is 3.54. The highest BCUT2D eigenvalue weighted by Crippen LogP contribution is 2.35. The van der Waals surface area contributed by atoms with E-state index in [4.69, 9.17) is 15.8 Å². The van der Waals surface area contributed by atoms with Crippen LogP contribution in [0.3, 0.4) is 0 Å². The summed E-state index contributed by atoms with van der Waals surface area (Å²) >= 11 is 1.42. The Labute approximate surface area is 239 Å². The van der Waals surface area contributed by atoms with Crippen LogP contribution in [0, 0.1) is 0 Å². The summed E-state index contributed by atoms with van der Waals surface area (Å²) < 4.78 is 2.81. The zero-order valence-electron chi connectivity index (χ0n) is 22.7. The molecule has 0 bridgehead atoms. The Morgan fingerprint density at radius 1 is 1.05 bits per heavy atom. The Bertz CT molecular complexity index is 1940. The smallest absolute Gasteiger partial charge is 0.223 e. The van der Waals surface area contributed by atoms with Crippen molar-refractivity contribution in [1.29, 1.82) is 0 Å². The fraction of sp³-hybridized carbons (Fsp3) is 0.241. The number of nitrogens with zero attached hydrogens (tertiary/aromatic N) is 8. The number of nitrogen functional groups attached to an aromatic ring is 1. The summed E-state index contributed by atoms with van der Waals surface area (Å²) in [7, 11) is 2.15. The van der Waals surface area contributed by atoms with E-state index in [9.17, 15) is 4.79 Å². The molecular weight excluding hydrogens is 536 g/mol. The second-order valence-electron chi connectivity index (χ2n) is 10.3. The number of carbonyl (C=O) groups excluding carboxylic acids is 1. The highest BCUT2D eigenvalue weighted by molar-refractivity contribution is 7.22. The fourth-order valence-electron chi connectivity index (χ4n) is 5.34. The Morgan fingerprint density at radius 2 is 1.88 bits per heavy atom. The topological polar surface area (TPSA) is 131 Å². The molecule has 0 aliphatic carbocycles. The van der Waals surface area contributed by atoms with Gasteiger partial charge in [0.2, 0.25) is 5.91 Å². The largest absolute Gasteiger partial charge is 0.397 e. The number of benzene rings is 2. The van der Waals surface area contributed by atoms with Gasteiger partial charge in [-0.3, -0.25) is 4.79 Å². The van der Waals surface area contributed by atoms with E-state index in [0.29, 0.717) is 23.0 Å². The molecule has 5 heterocycles. The predicted molar refractivity (Wildman–Crippen MR) is 163 cm³/mol. The van der Waals surface area contributed by atoms with Crippen molar-refractivity contribution in [2.75, 3.05) is 49.2 Å². The van der Waals surface area contributed by atoms with Crippen molar-refractivity contribution in [1.82, 2.24) is 34.8 Å². The lowest BCUT2D eigenvalue weighted by Crippen LogP contribution is -2.45. The van der Waals surface area contributed by atoms with Gasteiger partial charge in [0, 0.05) is 49.6 Å². The first kappa shape index (κ1) is 25.3. The van der Waals surface area contributed by atoms with Crippen LogP contribution in [-0.4, -0.2) is 74.0 Å². The second-order valence-corrected chi connectivity index (χ2v) is 11.4. The molecular formula is C29H28N10OS. The minimum absolute atomic E-state index is 0.153. The third kappa shape index (κ3) is 4.70. The Hall–Kier alpha value is -4.68. The molecule has 41 heavy (non-hydrogen) atoms. The number of piperazine rings is 1. The van der Waals surface area contributed by atoms with E-state index in [1.54, 1.807) is 6.20 Å². The first-order valence-electron chi connectivity index (χ1n) is 13.4. The zero-order chi connectivity index (χ0) is 28.1. The molecule has 4 aromatic heterocycles. The molecule has 0 spiro atoms. The van der Waals surface area contributed by atoms with Gasteiger partial charge in [0.25, 0.3) is 0 Å². The van der Waals surface area contributed by atoms with Crippen molar-refractivity contribution >= 4 is 66.0 Å². The summed E-state index contributed by atoms with van der Waals surface area (Å²) in [5, 5.41) is 18.8. The average molecular weight is 565 g/mol. The molecule has 0 radical (unpaired) electrons. The summed E-state index contributed by atoms with van der Waals surface area (Å²) in [4.78, 5) is 25.8. The number of thiazole rings is 1. The molecule has 3 N–H and O–H groups in total. The molecule has 6 aromatic rings. The quantitative estimate of drug-likeness (QED) is 0.319. The lowest BCUT2D eigenvalue weighted by atomic mass is 10.1. The monoisotopic (exact) mass is 564 g/mol. The van der Waals surface area contributed by atoms with Crippen molar-refractivity contribution < 1.29 is 4.79 Å². The summed E-state index contributed by atoms with van der Waals surface area (Å²) in [6, 6.07) is 16.3. The van der Waals surface area contributed by atoms with E-state index in [1.165, 1.54) is 18.3 Å². The van der Waals surface area contributed by atoms with Crippen LogP contribution in [-0.2, 0) is 11.3 Å². The van der Waals surface area contributed by atoms with E-state index < -0.39 is 0 Å². The molecule has 0 atom stereocenters. The molecule has 11 nitrogen and oxygen atoms in total. The van der Waals surface area contributed by atoms with Crippen LogP contribution < -0.4 is 16.0 Å². The van der Waals surface area contributed by atoms with Crippen LogP contribution in [0.25, 0.3) is 43.4 Å². The molecule has 0 unspecified atom stereocenters. The van der Waals surface area contributed by atoms with Crippen LogP contribution in [0.4, 0.5) is 16.6 Å². The second kappa shape index (κ2) is 10.1.